The van der Waals surface area contributed by atoms with Crippen molar-refractivity contribution in [2.75, 3.05) is 18.8 Å². The van der Waals surface area contributed by atoms with Crippen molar-refractivity contribution >= 4 is 10.0 Å². The molecule has 0 heterocycles. The summed E-state index contributed by atoms with van der Waals surface area (Å²) in [5.41, 5.74) is 1.47. The third-order valence-electron chi connectivity index (χ3n) is 3.10. The Bertz CT molecular complexity index is 363. The highest BCUT2D eigenvalue weighted by atomic mass is 32.2. The van der Waals surface area contributed by atoms with Crippen LogP contribution in [0.3, 0.4) is 0 Å². The molecule has 0 aromatic rings. The number of hydrogen-bond donors (Lipinski definition) is 2. The lowest BCUT2D eigenvalue weighted by molar-refractivity contribution is 0.382. The fourth-order valence-corrected chi connectivity index (χ4v) is 3.09. The largest absolute Gasteiger partial charge is 0.316 e. The smallest absolute Gasteiger partial charge is 0.209 e. The summed E-state index contributed by atoms with van der Waals surface area (Å²) in [6.45, 7) is 6.13. The summed E-state index contributed by atoms with van der Waals surface area (Å²) in [6, 6.07) is 0. The van der Waals surface area contributed by atoms with E-state index in [1.54, 1.807) is 0 Å². The molecule has 0 fully saturated rings. The second-order valence-corrected chi connectivity index (χ2v) is 6.95. The molecular formula is C12H24N2O2S. The minimum Gasteiger partial charge on any atom is -0.316 e. The van der Waals surface area contributed by atoms with Crippen molar-refractivity contribution < 1.29 is 8.42 Å². The Hall–Kier alpha value is -0.390. The second kappa shape index (κ2) is 6.52. The van der Waals surface area contributed by atoms with Gasteiger partial charge in [0.2, 0.25) is 10.0 Å². The second-order valence-electron chi connectivity index (χ2n) is 5.22. The summed E-state index contributed by atoms with van der Waals surface area (Å²) >= 11 is 0. The molecule has 0 aromatic heterocycles. The molecule has 0 amide bonds. The van der Waals surface area contributed by atoms with Crippen molar-refractivity contribution in [1.82, 2.24) is 5.32 Å². The lowest BCUT2D eigenvalue weighted by Crippen LogP contribution is -2.28. The van der Waals surface area contributed by atoms with Gasteiger partial charge in [-0.2, -0.15) is 0 Å². The molecular weight excluding hydrogens is 236 g/mol. The SMILES string of the molecule is CC1=CC(C)CC(CNCCCS(N)(=O)=O)C1. The molecule has 0 saturated heterocycles. The van der Waals surface area contributed by atoms with Gasteiger partial charge in [-0.3, -0.25) is 0 Å². The van der Waals surface area contributed by atoms with E-state index >= 15 is 0 Å². The van der Waals surface area contributed by atoms with Gasteiger partial charge in [-0.1, -0.05) is 18.6 Å². The number of allylic oxidation sites excluding steroid dienone is 2. The molecule has 5 heteroatoms. The molecule has 17 heavy (non-hydrogen) atoms. The molecule has 0 radical (unpaired) electrons. The number of primary sulfonamides is 1. The molecule has 3 N–H and O–H groups in total. The average Bonchev–Trinajstić information content (AvgIpc) is 2.13. The minimum absolute atomic E-state index is 0.0694. The van der Waals surface area contributed by atoms with Gasteiger partial charge in [0.05, 0.1) is 5.75 Å². The van der Waals surface area contributed by atoms with Crippen molar-refractivity contribution in [2.24, 2.45) is 17.0 Å². The van der Waals surface area contributed by atoms with Gasteiger partial charge >= 0.3 is 0 Å². The van der Waals surface area contributed by atoms with Gasteiger partial charge < -0.3 is 5.32 Å². The van der Waals surface area contributed by atoms with Crippen LogP contribution in [0.2, 0.25) is 0 Å². The molecule has 100 valence electrons. The standard InChI is InChI=1S/C12H24N2O2S/c1-10-6-11(2)8-12(7-10)9-14-4-3-5-17(13,15)16/h6,10,12,14H,3-5,7-9H2,1-2H3,(H2,13,15,16). The fourth-order valence-electron chi connectivity index (χ4n) is 2.55. The van der Waals surface area contributed by atoms with E-state index in [1.165, 1.54) is 12.0 Å². The van der Waals surface area contributed by atoms with Gasteiger partial charge in [0, 0.05) is 0 Å². The number of nitrogens with one attached hydrogen (secondary N) is 1. The first kappa shape index (κ1) is 14.7. The zero-order valence-electron chi connectivity index (χ0n) is 10.8. The van der Waals surface area contributed by atoms with E-state index in [-0.39, 0.29) is 5.75 Å². The number of rotatable bonds is 6. The summed E-state index contributed by atoms with van der Waals surface area (Å²) in [6.07, 6.45) is 5.32. The quantitative estimate of drug-likeness (QED) is 0.557. The van der Waals surface area contributed by atoms with Crippen molar-refractivity contribution in [3.8, 4) is 0 Å². The zero-order chi connectivity index (χ0) is 12.9. The minimum atomic E-state index is -3.30. The Morgan fingerprint density at radius 3 is 2.82 bits per heavy atom. The van der Waals surface area contributed by atoms with Crippen LogP contribution in [0.4, 0.5) is 0 Å². The van der Waals surface area contributed by atoms with Crippen LogP contribution in [0.15, 0.2) is 11.6 Å². The fraction of sp³-hybridized carbons (Fsp3) is 0.833. The van der Waals surface area contributed by atoms with Crippen molar-refractivity contribution in [1.29, 1.82) is 0 Å². The number of sulfonamides is 1. The molecule has 4 nitrogen and oxygen atoms in total. The van der Waals surface area contributed by atoms with Crippen LogP contribution in [0.1, 0.15) is 33.1 Å². The maximum absolute atomic E-state index is 10.7. The van der Waals surface area contributed by atoms with Gasteiger partial charge in [-0.15, -0.1) is 0 Å². The molecule has 0 bridgehead atoms. The number of hydrogen-bond acceptors (Lipinski definition) is 3. The van der Waals surface area contributed by atoms with Crippen LogP contribution < -0.4 is 10.5 Å². The lowest BCUT2D eigenvalue weighted by atomic mass is 9.84. The first-order valence-electron chi connectivity index (χ1n) is 6.25. The predicted molar refractivity (Wildman–Crippen MR) is 71.1 cm³/mol. The van der Waals surface area contributed by atoms with E-state index in [4.69, 9.17) is 5.14 Å². The van der Waals surface area contributed by atoms with Crippen LogP contribution in [0, 0.1) is 11.8 Å². The van der Waals surface area contributed by atoms with Crippen LogP contribution in [-0.4, -0.2) is 27.3 Å². The molecule has 0 spiro atoms. The van der Waals surface area contributed by atoms with Gasteiger partial charge in [0.25, 0.3) is 0 Å². The van der Waals surface area contributed by atoms with Crippen LogP contribution in [0.5, 0.6) is 0 Å². The van der Waals surface area contributed by atoms with Crippen LogP contribution >= 0.6 is 0 Å². The zero-order valence-corrected chi connectivity index (χ0v) is 11.6. The predicted octanol–water partition coefficient (Wildman–Crippen LogP) is 1.25. The van der Waals surface area contributed by atoms with Crippen molar-refractivity contribution in [3.63, 3.8) is 0 Å². The van der Waals surface area contributed by atoms with E-state index in [2.05, 4.69) is 25.2 Å². The molecule has 1 aliphatic rings. The van der Waals surface area contributed by atoms with E-state index in [9.17, 15) is 8.42 Å². The topological polar surface area (TPSA) is 72.2 Å². The summed E-state index contributed by atoms with van der Waals surface area (Å²) < 4.78 is 21.4. The summed E-state index contributed by atoms with van der Waals surface area (Å²) in [5.74, 6) is 1.42. The molecule has 2 atom stereocenters. The van der Waals surface area contributed by atoms with E-state index in [1.807, 2.05) is 0 Å². The molecule has 2 unspecified atom stereocenters. The van der Waals surface area contributed by atoms with Gasteiger partial charge in [0.1, 0.15) is 0 Å². The third kappa shape index (κ3) is 6.81. The van der Waals surface area contributed by atoms with Gasteiger partial charge in [-0.25, -0.2) is 13.6 Å². The van der Waals surface area contributed by atoms with Gasteiger partial charge in [0.15, 0.2) is 0 Å². The molecule has 0 aromatic carbocycles. The maximum Gasteiger partial charge on any atom is 0.209 e. The Morgan fingerprint density at radius 1 is 1.53 bits per heavy atom. The number of nitrogens with two attached hydrogens (primary N) is 1. The Labute approximate surface area is 105 Å². The van der Waals surface area contributed by atoms with E-state index in [0.29, 0.717) is 18.3 Å². The Morgan fingerprint density at radius 2 is 2.24 bits per heavy atom. The molecule has 1 rings (SSSR count). The maximum atomic E-state index is 10.7. The van der Waals surface area contributed by atoms with E-state index in [0.717, 1.165) is 19.5 Å². The highest BCUT2D eigenvalue weighted by molar-refractivity contribution is 7.89. The highest BCUT2D eigenvalue weighted by Crippen LogP contribution is 2.27. The Balaban J connectivity index is 2.14. The summed E-state index contributed by atoms with van der Waals surface area (Å²) in [7, 11) is -3.30. The summed E-state index contributed by atoms with van der Waals surface area (Å²) in [5, 5.41) is 8.26. The third-order valence-corrected chi connectivity index (χ3v) is 3.96. The van der Waals surface area contributed by atoms with Crippen molar-refractivity contribution in [2.45, 2.75) is 33.1 Å². The molecule has 1 aliphatic carbocycles. The van der Waals surface area contributed by atoms with Crippen LogP contribution in [-0.2, 0) is 10.0 Å². The monoisotopic (exact) mass is 260 g/mol. The first-order chi connectivity index (χ1) is 7.87. The summed E-state index contributed by atoms with van der Waals surface area (Å²) in [4.78, 5) is 0. The van der Waals surface area contributed by atoms with Crippen molar-refractivity contribution in [3.05, 3.63) is 11.6 Å². The van der Waals surface area contributed by atoms with E-state index < -0.39 is 10.0 Å². The Kier molecular flexibility index (Phi) is 5.62. The lowest BCUT2D eigenvalue weighted by Gasteiger charge is -2.25. The average molecular weight is 260 g/mol. The highest BCUT2D eigenvalue weighted by Gasteiger charge is 2.17. The molecule has 0 saturated carbocycles. The van der Waals surface area contributed by atoms with Crippen LogP contribution in [0.25, 0.3) is 0 Å². The first-order valence-corrected chi connectivity index (χ1v) is 7.97. The molecule has 0 aliphatic heterocycles. The normalized spacial score (nSPS) is 25.7. The van der Waals surface area contributed by atoms with Gasteiger partial charge in [-0.05, 0) is 51.1 Å².